The van der Waals surface area contributed by atoms with Crippen molar-refractivity contribution >= 4 is 42.4 Å². The molecule has 2 heteroatoms. The zero-order valence-corrected chi connectivity index (χ0v) is 15.4. The fourth-order valence-corrected chi connectivity index (χ4v) is 15.8. The molecule has 0 saturated carbocycles. The Morgan fingerprint density at radius 1 is 0.524 bits per heavy atom. The number of alkyl halides is 1. The molecule has 3 rings (SSSR count). The first-order chi connectivity index (χ1) is 10.4. The number of hydrogen-bond acceptors (Lipinski definition) is 0. The number of halogens is 1. The Morgan fingerprint density at radius 2 is 0.810 bits per heavy atom. The maximum atomic E-state index is 3.87. The molecule has 0 aliphatic rings. The molecule has 0 bridgehead atoms. The zero-order chi connectivity index (χ0) is 14.5. The molecule has 0 amide bonds. The second kappa shape index (κ2) is 6.63. The van der Waals surface area contributed by atoms with Crippen molar-refractivity contribution < 1.29 is 0 Å². The Bertz CT molecular complexity index is 584. The summed E-state index contributed by atoms with van der Waals surface area (Å²) < 4.78 is 5.51. The van der Waals surface area contributed by atoms with E-state index in [1.807, 2.05) is 0 Å². The van der Waals surface area contributed by atoms with Crippen LogP contribution in [0.5, 0.6) is 0 Å². The molecule has 0 unspecified atom stereocenters. The summed E-state index contributed by atoms with van der Waals surface area (Å²) >= 11 is 1.25. The summed E-state index contributed by atoms with van der Waals surface area (Å²) in [5.41, 5.74) is 0. The van der Waals surface area contributed by atoms with Gasteiger partial charge in [0.15, 0.2) is 0 Å². The van der Waals surface area contributed by atoms with E-state index in [0.29, 0.717) is 0 Å². The van der Waals surface area contributed by atoms with Gasteiger partial charge in [0.25, 0.3) is 0 Å². The second-order valence-electron chi connectivity index (χ2n) is 5.14. The summed E-state index contributed by atoms with van der Waals surface area (Å²) in [5, 5.41) is 0. The van der Waals surface area contributed by atoms with Crippen LogP contribution in [0.25, 0.3) is 0 Å². The molecule has 0 atom stereocenters. The van der Waals surface area contributed by atoms with E-state index >= 15 is 0 Å². The van der Waals surface area contributed by atoms with Gasteiger partial charge < -0.3 is 0 Å². The Labute approximate surface area is 137 Å². The number of hydrogen-bond donors (Lipinski definition) is 0. The fraction of sp³-hybridized carbons (Fsp3) is 0.0526. The van der Waals surface area contributed by atoms with Crippen molar-refractivity contribution in [1.82, 2.24) is 0 Å². The summed E-state index contributed by atoms with van der Waals surface area (Å²) in [6.45, 7) is 0. The molecule has 0 nitrogen and oxygen atoms in total. The van der Waals surface area contributed by atoms with Gasteiger partial charge in [0.1, 0.15) is 0 Å². The maximum absolute atomic E-state index is 3.87. The summed E-state index contributed by atoms with van der Waals surface area (Å²) in [4.78, 5) is 0. The molecule has 21 heavy (non-hydrogen) atoms. The molecule has 0 heterocycles. The van der Waals surface area contributed by atoms with Gasteiger partial charge in [-0.1, -0.05) is 0 Å². The van der Waals surface area contributed by atoms with Crippen LogP contribution >= 0.6 is 15.9 Å². The summed E-state index contributed by atoms with van der Waals surface area (Å²) in [6, 6.07) is 33.0. The van der Waals surface area contributed by atoms with Gasteiger partial charge in [0.05, 0.1) is 0 Å². The SMILES string of the molecule is Br[CH2][Ge]([c]1ccccc1)([c]1ccccc1)[c]1ccccc1. The van der Waals surface area contributed by atoms with Crippen LogP contribution < -0.4 is 13.2 Å². The van der Waals surface area contributed by atoms with E-state index in [-0.39, 0.29) is 0 Å². The molecule has 0 saturated heterocycles. The molecule has 104 valence electrons. The van der Waals surface area contributed by atoms with Gasteiger partial charge in [-0.25, -0.2) is 0 Å². The Balaban J connectivity index is 2.29. The molecular weight excluding hydrogens is 381 g/mol. The third-order valence-corrected chi connectivity index (χ3v) is 17.5. The molecule has 3 aromatic carbocycles. The van der Waals surface area contributed by atoms with Crippen LogP contribution in [0.15, 0.2) is 91.0 Å². The minimum atomic E-state index is -2.62. The minimum absolute atomic E-state index is 1.03. The van der Waals surface area contributed by atoms with Gasteiger partial charge in [-0.3, -0.25) is 0 Å². The van der Waals surface area contributed by atoms with Crippen LogP contribution in [-0.2, 0) is 0 Å². The van der Waals surface area contributed by atoms with Crippen LogP contribution in [0.1, 0.15) is 0 Å². The third-order valence-electron chi connectivity index (χ3n) is 4.00. The molecule has 0 aliphatic heterocycles. The van der Waals surface area contributed by atoms with E-state index in [1.54, 1.807) is 0 Å². The molecule has 0 fully saturated rings. The first-order valence-electron chi connectivity index (χ1n) is 7.10. The fourth-order valence-electron chi connectivity index (χ4n) is 2.90. The van der Waals surface area contributed by atoms with Gasteiger partial charge in [0.2, 0.25) is 0 Å². The van der Waals surface area contributed by atoms with E-state index < -0.39 is 13.3 Å². The number of benzene rings is 3. The molecule has 0 N–H and O–H groups in total. The zero-order valence-electron chi connectivity index (χ0n) is 11.7. The summed E-state index contributed by atoms with van der Waals surface area (Å²) in [6.07, 6.45) is 0. The van der Waals surface area contributed by atoms with Crippen molar-refractivity contribution in [1.29, 1.82) is 0 Å². The monoisotopic (exact) mass is 398 g/mol. The van der Waals surface area contributed by atoms with Gasteiger partial charge in [-0.2, -0.15) is 0 Å². The normalized spacial score (nSPS) is 11.3. The van der Waals surface area contributed by atoms with Crippen LogP contribution in [0, 0.1) is 0 Å². The quantitative estimate of drug-likeness (QED) is 0.469. The summed E-state index contributed by atoms with van der Waals surface area (Å²) in [5.74, 6) is 0. The predicted molar refractivity (Wildman–Crippen MR) is 97.8 cm³/mol. The van der Waals surface area contributed by atoms with E-state index in [2.05, 4.69) is 107 Å². The van der Waals surface area contributed by atoms with E-state index in [9.17, 15) is 0 Å². The van der Waals surface area contributed by atoms with Crippen molar-refractivity contribution in [3.63, 3.8) is 0 Å². The van der Waals surface area contributed by atoms with E-state index in [4.69, 9.17) is 0 Å². The van der Waals surface area contributed by atoms with Crippen molar-refractivity contribution in [2.75, 3.05) is 4.16 Å². The van der Waals surface area contributed by atoms with Gasteiger partial charge in [0, 0.05) is 0 Å². The van der Waals surface area contributed by atoms with Crippen LogP contribution in [0.3, 0.4) is 0 Å². The van der Waals surface area contributed by atoms with Crippen molar-refractivity contribution in [3.8, 4) is 0 Å². The Morgan fingerprint density at radius 3 is 1.05 bits per heavy atom. The number of rotatable bonds is 4. The molecule has 0 spiro atoms. The molecule has 3 aromatic rings. The van der Waals surface area contributed by atoms with Crippen LogP contribution in [0.2, 0.25) is 0 Å². The van der Waals surface area contributed by atoms with Crippen molar-refractivity contribution in [2.24, 2.45) is 0 Å². The summed E-state index contributed by atoms with van der Waals surface area (Å²) in [7, 11) is 0. The predicted octanol–water partition coefficient (Wildman–Crippen LogP) is 3.09. The van der Waals surface area contributed by atoms with Crippen molar-refractivity contribution in [3.05, 3.63) is 91.0 Å². The van der Waals surface area contributed by atoms with Crippen LogP contribution in [-0.4, -0.2) is 17.4 Å². The van der Waals surface area contributed by atoms with Crippen molar-refractivity contribution in [2.45, 2.75) is 0 Å². The topological polar surface area (TPSA) is 0 Å². The van der Waals surface area contributed by atoms with Gasteiger partial charge in [-0.05, 0) is 0 Å². The average Bonchev–Trinajstić information content (AvgIpc) is 2.59. The molecule has 0 aromatic heterocycles. The van der Waals surface area contributed by atoms with E-state index in [0.717, 1.165) is 4.16 Å². The Kier molecular flexibility index (Phi) is 4.61. The van der Waals surface area contributed by atoms with Crippen LogP contribution in [0.4, 0.5) is 0 Å². The standard InChI is InChI=1S/C19H17BrGe/c20-16-21(17-10-4-1-5-11-17,18-12-6-2-7-13-18)19-14-8-3-9-15-19/h1-15H,16H2. The second-order valence-corrected chi connectivity index (χ2v) is 16.0. The molecular formula is C19H17BrGe. The first-order valence-corrected chi connectivity index (χ1v) is 12.9. The first kappa shape index (κ1) is 14.6. The Hall–Kier alpha value is -1.32. The van der Waals surface area contributed by atoms with Gasteiger partial charge in [-0.15, -0.1) is 0 Å². The van der Waals surface area contributed by atoms with E-state index in [1.165, 1.54) is 13.2 Å². The molecule has 0 radical (unpaired) electrons. The average molecular weight is 398 g/mol. The molecule has 0 aliphatic carbocycles. The van der Waals surface area contributed by atoms with Gasteiger partial charge >= 0.3 is 138 Å². The third kappa shape index (κ3) is 2.72.